The Bertz CT molecular complexity index is 556. The minimum Gasteiger partial charge on any atom is -0.354 e. The van der Waals surface area contributed by atoms with Gasteiger partial charge in [-0.05, 0) is 44.6 Å². The molecule has 2 aliphatic rings. The third-order valence-electron chi connectivity index (χ3n) is 4.62. The fourth-order valence-corrected chi connectivity index (χ4v) is 3.16. The summed E-state index contributed by atoms with van der Waals surface area (Å²) in [6.45, 7) is 2.65. The second-order valence-corrected chi connectivity index (χ2v) is 6.71. The SMILES string of the molecule is Cc1cc(CC(=O)NC2(C(=O)NCC3CC3)CCCC2)n[nH]1. The van der Waals surface area contributed by atoms with E-state index >= 15 is 0 Å². The maximum atomic E-state index is 12.5. The molecule has 3 N–H and O–H groups in total. The average molecular weight is 304 g/mol. The first kappa shape index (κ1) is 15.1. The molecule has 1 heterocycles. The van der Waals surface area contributed by atoms with Gasteiger partial charge in [0.1, 0.15) is 5.54 Å². The highest BCUT2D eigenvalue weighted by atomic mass is 16.2. The van der Waals surface area contributed by atoms with Crippen LogP contribution in [0, 0.1) is 12.8 Å². The van der Waals surface area contributed by atoms with Crippen molar-refractivity contribution in [1.29, 1.82) is 0 Å². The lowest BCUT2D eigenvalue weighted by atomic mass is 9.95. The van der Waals surface area contributed by atoms with E-state index in [2.05, 4.69) is 20.8 Å². The van der Waals surface area contributed by atoms with E-state index in [4.69, 9.17) is 0 Å². The predicted molar refractivity (Wildman–Crippen MR) is 82.1 cm³/mol. The van der Waals surface area contributed by atoms with E-state index in [-0.39, 0.29) is 18.2 Å². The molecule has 22 heavy (non-hydrogen) atoms. The summed E-state index contributed by atoms with van der Waals surface area (Å²) in [4.78, 5) is 24.8. The number of nitrogens with one attached hydrogen (secondary N) is 3. The Morgan fingerprint density at radius 3 is 2.68 bits per heavy atom. The number of amides is 2. The smallest absolute Gasteiger partial charge is 0.245 e. The highest BCUT2D eigenvalue weighted by molar-refractivity contribution is 5.92. The molecule has 2 fully saturated rings. The number of nitrogens with zero attached hydrogens (tertiary/aromatic N) is 1. The van der Waals surface area contributed by atoms with Crippen molar-refractivity contribution in [3.63, 3.8) is 0 Å². The standard InChI is InChI=1S/C16H24N4O2/c1-11-8-13(20-19-11)9-14(21)18-16(6-2-3-7-16)15(22)17-10-12-4-5-12/h8,12H,2-7,9-10H2,1H3,(H,17,22)(H,18,21)(H,19,20). The minimum absolute atomic E-state index is 0.0107. The van der Waals surface area contributed by atoms with Crippen LogP contribution in [0.3, 0.4) is 0 Å². The largest absolute Gasteiger partial charge is 0.354 e. The predicted octanol–water partition coefficient (Wildman–Crippen LogP) is 1.22. The molecule has 6 nitrogen and oxygen atoms in total. The summed E-state index contributed by atoms with van der Waals surface area (Å²) in [6.07, 6.45) is 6.05. The van der Waals surface area contributed by atoms with Crippen molar-refractivity contribution in [2.45, 2.75) is 57.4 Å². The van der Waals surface area contributed by atoms with Crippen molar-refractivity contribution in [2.75, 3.05) is 6.54 Å². The number of carbonyl (C=O) groups is 2. The molecule has 120 valence electrons. The normalized spacial score (nSPS) is 19.9. The highest BCUT2D eigenvalue weighted by Crippen LogP contribution is 2.31. The topological polar surface area (TPSA) is 86.9 Å². The number of H-pyrrole nitrogens is 1. The number of rotatable bonds is 6. The van der Waals surface area contributed by atoms with E-state index in [1.54, 1.807) is 0 Å². The van der Waals surface area contributed by atoms with Crippen LogP contribution in [0.15, 0.2) is 6.07 Å². The Balaban J connectivity index is 1.59. The first-order valence-electron chi connectivity index (χ1n) is 8.18. The van der Waals surface area contributed by atoms with Gasteiger partial charge in [-0.1, -0.05) is 12.8 Å². The molecular weight excluding hydrogens is 280 g/mol. The Hall–Kier alpha value is -1.85. The van der Waals surface area contributed by atoms with Gasteiger partial charge in [0.2, 0.25) is 11.8 Å². The van der Waals surface area contributed by atoms with Crippen molar-refractivity contribution in [1.82, 2.24) is 20.8 Å². The Morgan fingerprint density at radius 1 is 1.36 bits per heavy atom. The summed E-state index contributed by atoms with van der Waals surface area (Å²) in [5.74, 6) is 0.503. The van der Waals surface area contributed by atoms with Crippen molar-refractivity contribution in [3.05, 3.63) is 17.5 Å². The summed E-state index contributed by atoms with van der Waals surface area (Å²) in [5.41, 5.74) is 0.930. The van der Waals surface area contributed by atoms with Crippen LogP contribution >= 0.6 is 0 Å². The van der Waals surface area contributed by atoms with Crippen molar-refractivity contribution < 1.29 is 9.59 Å². The Morgan fingerprint density at radius 2 is 2.09 bits per heavy atom. The minimum atomic E-state index is -0.711. The number of hydrogen-bond acceptors (Lipinski definition) is 3. The van der Waals surface area contributed by atoms with E-state index in [0.29, 0.717) is 11.6 Å². The van der Waals surface area contributed by atoms with E-state index in [9.17, 15) is 9.59 Å². The van der Waals surface area contributed by atoms with Crippen LogP contribution in [-0.2, 0) is 16.0 Å². The third kappa shape index (κ3) is 3.48. The molecule has 0 aliphatic heterocycles. The molecule has 0 bridgehead atoms. The number of aromatic nitrogens is 2. The quantitative estimate of drug-likeness (QED) is 0.738. The van der Waals surface area contributed by atoms with Crippen LogP contribution in [0.2, 0.25) is 0 Å². The summed E-state index contributed by atoms with van der Waals surface area (Å²) in [6, 6.07) is 1.86. The van der Waals surface area contributed by atoms with Gasteiger partial charge >= 0.3 is 0 Å². The monoisotopic (exact) mass is 304 g/mol. The van der Waals surface area contributed by atoms with Gasteiger partial charge in [0.05, 0.1) is 12.1 Å². The molecule has 0 atom stereocenters. The van der Waals surface area contributed by atoms with E-state index in [0.717, 1.165) is 37.9 Å². The van der Waals surface area contributed by atoms with Crippen molar-refractivity contribution >= 4 is 11.8 Å². The lowest BCUT2D eigenvalue weighted by Gasteiger charge is -2.29. The molecule has 1 aromatic rings. The molecular formula is C16H24N4O2. The zero-order chi connectivity index (χ0) is 15.6. The molecule has 0 aromatic carbocycles. The first-order valence-corrected chi connectivity index (χ1v) is 8.18. The molecule has 0 spiro atoms. The lowest BCUT2D eigenvalue weighted by molar-refractivity contribution is -0.133. The van der Waals surface area contributed by atoms with E-state index in [1.807, 2.05) is 13.0 Å². The van der Waals surface area contributed by atoms with Crippen molar-refractivity contribution in [2.24, 2.45) is 5.92 Å². The van der Waals surface area contributed by atoms with Gasteiger partial charge in [-0.2, -0.15) is 5.10 Å². The number of hydrogen-bond donors (Lipinski definition) is 3. The molecule has 0 saturated heterocycles. The first-order chi connectivity index (χ1) is 10.6. The molecule has 2 saturated carbocycles. The lowest BCUT2D eigenvalue weighted by Crippen LogP contribution is -2.57. The molecule has 2 amide bonds. The summed E-state index contributed by atoms with van der Waals surface area (Å²) in [7, 11) is 0. The summed E-state index contributed by atoms with van der Waals surface area (Å²) >= 11 is 0. The van der Waals surface area contributed by atoms with Gasteiger partial charge < -0.3 is 10.6 Å². The van der Waals surface area contributed by atoms with Gasteiger partial charge in [0.25, 0.3) is 0 Å². The zero-order valence-electron chi connectivity index (χ0n) is 13.1. The van der Waals surface area contributed by atoms with Crippen LogP contribution in [0.5, 0.6) is 0 Å². The van der Waals surface area contributed by atoms with Gasteiger partial charge in [-0.25, -0.2) is 0 Å². The highest BCUT2D eigenvalue weighted by Gasteiger charge is 2.42. The molecule has 6 heteroatoms. The van der Waals surface area contributed by atoms with Gasteiger partial charge in [-0.3, -0.25) is 14.7 Å². The van der Waals surface area contributed by atoms with Crippen LogP contribution < -0.4 is 10.6 Å². The van der Waals surface area contributed by atoms with Gasteiger partial charge in [0, 0.05) is 12.2 Å². The average Bonchev–Trinajstić information content (AvgIpc) is 3.05. The van der Waals surface area contributed by atoms with Crippen LogP contribution in [0.1, 0.15) is 49.9 Å². The second kappa shape index (κ2) is 6.10. The second-order valence-electron chi connectivity index (χ2n) is 6.71. The van der Waals surface area contributed by atoms with Crippen molar-refractivity contribution in [3.8, 4) is 0 Å². The molecule has 2 aliphatic carbocycles. The third-order valence-corrected chi connectivity index (χ3v) is 4.62. The van der Waals surface area contributed by atoms with E-state index in [1.165, 1.54) is 12.8 Å². The number of carbonyl (C=O) groups excluding carboxylic acids is 2. The number of aryl methyl sites for hydroxylation is 1. The maximum absolute atomic E-state index is 12.5. The molecule has 0 radical (unpaired) electrons. The molecule has 0 unspecified atom stereocenters. The van der Waals surface area contributed by atoms with Crippen LogP contribution in [0.25, 0.3) is 0 Å². The molecule has 3 rings (SSSR count). The number of aromatic amines is 1. The van der Waals surface area contributed by atoms with Gasteiger partial charge in [0.15, 0.2) is 0 Å². The maximum Gasteiger partial charge on any atom is 0.245 e. The summed E-state index contributed by atoms with van der Waals surface area (Å²) in [5, 5.41) is 12.9. The molecule has 1 aromatic heterocycles. The fraction of sp³-hybridized carbons (Fsp3) is 0.688. The zero-order valence-corrected chi connectivity index (χ0v) is 13.1. The Labute approximate surface area is 130 Å². The van der Waals surface area contributed by atoms with Gasteiger partial charge in [-0.15, -0.1) is 0 Å². The fourth-order valence-electron chi connectivity index (χ4n) is 3.16. The van der Waals surface area contributed by atoms with Crippen LogP contribution in [0.4, 0.5) is 0 Å². The van der Waals surface area contributed by atoms with E-state index < -0.39 is 5.54 Å². The summed E-state index contributed by atoms with van der Waals surface area (Å²) < 4.78 is 0. The van der Waals surface area contributed by atoms with Crippen LogP contribution in [-0.4, -0.2) is 34.1 Å². The Kier molecular flexibility index (Phi) is 4.18.